The van der Waals surface area contributed by atoms with E-state index in [2.05, 4.69) is 17.6 Å². The minimum Gasteiger partial charge on any atom is -0.387 e. The Morgan fingerprint density at radius 1 is 1.19 bits per heavy atom. The van der Waals surface area contributed by atoms with E-state index >= 15 is 0 Å². The first-order valence-corrected chi connectivity index (χ1v) is 10.3. The third kappa shape index (κ3) is 3.71. The van der Waals surface area contributed by atoms with Gasteiger partial charge < -0.3 is 10.6 Å². The number of nitrogens with zero attached hydrogens (tertiary/aromatic N) is 1. The Kier molecular flexibility index (Phi) is 4.90. The summed E-state index contributed by atoms with van der Waals surface area (Å²) >= 11 is 5.87. The molecule has 0 radical (unpaired) electrons. The third-order valence-corrected chi connectivity index (χ3v) is 7.20. The molecule has 1 unspecified atom stereocenters. The van der Waals surface area contributed by atoms with Gasteiger partial charge >= 0.3 is 0 Å². The summed E-state index contributed by atoms with van der Waals surface area (Å²) in [5.74, 6) is 2.25. The van der Waals surface area contributed by atoms with Crippen molar-refractivity contribution in [1.82, 2.24) is 5.32 Å². The first-order valence-electron chi connectivity index (χ1n) is 9.91. The van der Waals surface area contributed by atoms with Gasteiger partial charge in [-0.2, -0.15) is 5.26 Å². The third-order valence-electron chi connectivity index (χ3n) is 6.95. The summed E-state index contributed by atoms with van der Waals surface area (Å²) in [4.78, 5) is 12.4. The molecule has 4 aliphatic rings. The number of benzene rings is 1. The Bertz CT molecular complexity index is 757. The predicted octanol–water partition coefficient (Wildman–Crippen LogP) is 4.88. The van der Waals surface area contributed by atoms with Crippen molar-refractivity contribution in [2.75, 3.05) is 5.32 Å². The van der Waals surface area contributed by atoms with Crippen LogP contribution in [0.1, 0.15) is 45.4 Å². The highest BCUT2D eigenvalue weighted by atomic mass is 35.5. The van der Waals surface area contributed by atoms with Crippen molar-refractivity contribution in [2.45, 2.75) is 51.5 Å². The number of hydrogen-bond acceptors (Lipinski definition) is 3. The Balaban J connectivity index is 1.42. The molecule has 0 spiro atoms. The fraction of sp³-hybridized carbons (Fsp3) is 0.545. The van der Waals surface area contributed by atoms with E-state index in [0.717, 1.165) is 17.8 Å². The largest absolute Gasteiger partial charge is 0.387 e. The fourth-order valence-corrected chi connectivity index (χ4v) is 6.10. The zero-order valence-electron chi connectivity index (χ0n) is 15.7. The molecule has 0 saturated heterocycles. The molecule has 5 rings (SSSR count). The van der Waals surface area contributed by atoms with Crippen molar-refractivity contribution in [2.24, 2.45) is 23.2 Å². The molecule has 0 aliphatic heterocycles. The summed E-state index contributed by atoms with van der Waals surface area (Å²) in [6.07, 6.45) is 9.71. The second-order valence-electron chi connectivity index (χ2n) is 8.80. The summed E-state index contributed by atoms with van der Waals surface area (Å²) in [6, 6.07) is 9.16. The molecule has 5 heteroatoms. The number of nitriles is 1. The zero-order valence-corrected chi connectivity index (χ0v) is 16.4. The van der Waals surface area contributed by atoms with Gasteiger partial charge in [0.05, 0.1) is 0 Å². The lowest BCUT2D eigenvalue weighted by Gasteiger charge is -2.59. The van der Waals surface area contributed by atoms with E-state index in [1.165, 1.54) is 38.5 Å². The minimum atomic E-state index is -0.398. The first-order chi connectivity index (χ1) is 13.0. The number of rotatable bonds is 5. The summed E-state index contributed by atoms with van der Waals surface area (Å²) in [7, 11) is 0. The number of halogens is 1. The van der Waals surface area contributed by atoms with E-state index < -0.39 is 5.91 Å². The lowest BCUT2D eigenvalue weighted by atomic mass is 9.48. The summed E-state index contributed by atoms with van der Waals surface area (Å²) < 4.78 is 0. The second-order valence-corrected chi connectivity index (χ2v) is 9.24. The topological polar surface area (TPSA) is 64.9 Å². The fourth-order valence-electron chi connectivity index (χ4n) is 5.97. The minimum absolute atomic E-state index is 0.0986. The molecular formula is C22H26ClN3O. The van der Waals surface area contributed by atoms with Gasteiger partial charge in [-0.05, 0) is 92.9 Å². The summed E-state index contributed by atoms with van der Waals surface area (Å²) in [6.45, 7) is 2.22. The normalized spacial score (nSPS) is 32.6. The standard InChI is InChI=1S/C22H26ClN3O/c1-14(22-9-15-6-16(10-22)8-17(7-15)11-22)25-13-18(12-24)21(27)26-20-4-2-19(23)3-5-20/h2-5,13-17,25H,6-11H2,1H3,(H,26,27)/b18-13-. The number of hydrogen-bond donors (Lipinski definition) is 2. The van der Waals surface area contributed by atoms with Crippen molar-refractivity contribution in [3.63, 3.8) is 0 Å². The molecule has 4 aliphatic carbocycles. The van der Waals surface area contributed by atoms with E-state index in [1.54, 1.807) is 30.5 Å². The lowest BCUT2D eigenvalue weighted by molar-refractivity contribution is -0.112. The number of carbonyl (C=O) groups excluding carboxylic acids is 1. The molecule has 27 heavy (non-hydrogen) atoms. The van der Waals surface area contributed by atoms with E-state index in [9.17, 15) is 10.1 Å². The van der Waals surface area contributed by atoms with Gasteiger partial charge in [-0.25, -0.2) is 0 Å². The van der Waals surface area contributed by atoms with E-state index in [1.807, 2.05) is 6.07 Å². The number of amides is 1. The Labute approximate surface area is 166 Å². The molecule has 4 bridgehead atoms. The molecule has 1 aromatic rings. The highest BCUT2D eigenvalue weighted by Crippen LogP contribution is 2.61. The van der Waals surface area contributed by atoms with Crippen LogP contribution in [0, 0.1) is 34.5 Å². The van der Waals surface area contributed by atoms with Crippen LogP contribution < -0.4 is 10.6 Å². The van der Waals surface area contributed by atoms with Crippen molar-refractivity contribution < 1.29 is 4.79 Å². The SMILES string of the molecule is CC(N/C=C(/C#N)C(=O)Nc1ccc(Cl)cc1)C12CC3CC(CC(C3)C1)C2. The average Bonchev–Trinajstić information content (AvgIpc) is 2.63. The quantitative estimate of drug-likeness (QED) is 0.562. The molecule has 1 atom stereocenters. The number of carbonyl (C=O) groups is 1. The van der Waals surface area contributed by atoms with Gasteiger partial charge in [-0.15, -0.1) is 0 Å². The molecule has 4 nitrogen and oxygen atoms in total. The van der Waals surface area contributed by atoms with Gasteiger partial charge in [0.15, 0.2) is 0 Å². The smallest absolute Gasteiger partial charge is 0.267 e. The Hall–Kier alpha value is -1.99. The van der Waals surface area contributed by atoms with Gasteiger partial charge in [-0.1, -0.05) is 11.6 Å². The highest BCUT2D eigenvalue weighted by Gasteiger charge is 2.52. The van der Waals surface area contributed by atoms with Crippen LogP contribution in [0.5, 0.6) is 0 Å². The maximum absolute atomic E-state index is 12.4. The zero-order chi connectivity index (χ0) is 19.0. The van der Waals surface area contributed by atoms with Crippen LogP contribution in [0.25, 0.3) is 0 Å². The molecular weight excluding hydrogens is 358 g/mol. The van der Waals surface area contributed by atoms with Gasteiger partial charge in [0.1, 0.15) is 11.6 Å². The molecule has 142 valence electrons. The van der Waals surface area contributed by atoms with Gasteiger partial charge in [0.2, 0.25) is 0 Å². The molecule has 1 aromatic carbocycles. The van der Waals surface area contributed by atoms with Gasteiger partial charge in [0.25, 0.3) is 5.91 Å². The second kappa shape index (κ2) is 7.20. The van der Waals surface area contributed by atoms with Crippen molar-refractivity contribution >= 4 is 23.2 Å². The maximum Gasteiger partial charge on any atom is 0.267 e. The summed E-state index contributed by atoms with van der Waals surface area (Å²) in [5.41, 5.74) is 1.06. The lowest BCUT2D eigenvalue weighted by Crippen LogP contribution is -2.54. The van der Waals surface area contributed by atoms with Gasteiger partial charge in [0, 0.05) is 23.0 Å². The van der Waals surface area contributed by atoms with Crippen LogP contribution in [0.15, 0.2) is 36.0 Å². The maximum atomic E-state index is 12.4. The molecule has 0 heterocycles. The van der Waals surface area contributed by atoms with Crippen LogP contribution in [0.4, 0.5) is 5.69 Å². The van der Waals surface area contributed by atoms with Crippen molar-refractivity contribution in [3.8, 4) is 6.07 Å². The monoisotopic (exact) mass is 383 g/mol. The predicted molar refractivity (Wildman–Crippen MR) is 107 cm³/mol. The Morgan fingerprint density at radius 3 is 2.26 bits per heavy atom. The van der Waals surface area contributed by atoms with Crippen molar-refractivity contribution in [1.29, 1.82) is 5.26 Å². The molecule has 2 N–H and O–H groups in total. The molecule has 0 aromatic heterocycles. The van der Waals surface area contributed by atoms with E-state index in [4.69, 9.17) is 11.6 Å². The van der Waals surface area contributed by atoms with Crippen LogP contribution >= 0.6 is 11.6 Å². The Morgan fingerprint density at radius 2 is 1.74 bits per heavy atom. The molecule has 4 saturated carbocycles. The van der Waals surface area contributed by atoms with Gasteiger partial charge in [-0.3, -0.25) is 4.79 Å². The number of nitrogens with one attached hydrogen (secondary N) is 2. The first kappa shape index (κ1) is 18.4. The van der Waals surface area contributed by atoms with E-state index in [0.29, 0.717) is 16.1 Å². The van der Waals surface area contributed by atoms with E-state index in [-0.39, 0.29) is 11.6 Å². The number of anilines is 1. The van der Waals surface area contributed by atoms with Crippen LogP contribution in [0.3, 0.4) is 0 Å². The summed E-state index contributed by atoms with van der Waals surface area (Å²) in [5, 5.41) is 16.2. The molecule has 1 amide bonds. The van der Waals surface area contributed by atoms with Crippen LogP contribution in [0.2, 0.25) is 5.02 Å². The molecule has 4 fully saturated rings. The van der Waals surface area contributed by atoms with Crippen LogP contribution in [-0.4, -0.2) is 11.9 Å². The van der Waals surface area contributed by atoms with Crippen molar-refractivity contribution in [3.05, 3.63) is 41.1 Å². The average molecular weight is 384 g/mol. The highest BCUT2D eigenvalue weighted by molar-refractivity contribution is 6.30. The van der Waals surface area contributed by atoms with Crippen LogP contribution in [-0.2, 0) is 4.79 Å².